The van der Waals surface area contributed by atoms with Crippen LogP contribution in [0.15, 0.2) is 12.7 Å². The minimum Gasteiger partial charge on any atom is -0.378 e. The highest BCUT2D eigenvalue weighted by molar-refractivity contribution is 5.11. The Kier molecular flexibility index (Phi) is 3.48. The van der Waals surface area contributed by atoms with Gasteiger partial charge in [-0.2, -0.15) is 0 Å². The zero-order valence-corrected chi connectivity index (χ0v) is 12.1. The third kappa shape index (κ3) is 2.37. The van der Waals surface area contributed by atoms with Gasteiger partial charge in [-0.1, -0.05) is 6.08 Å². The van der Waals surface area contributed by atoms with Crippen molar-refractivity contribution < 1.29 is 14.2 Å². The number of rotatable bonds is 3. The van der Waals surface area contributed by atoms with Crippen molar-refractivity contribution in [3.05, 3.63) is 12.7 Å². The predicted octanol–water partition coefficient (Wildman–Crippen LogP) is 3.23. The zero-order chi connectivity index (χ0) is 13.4. The van der Waals surface area contributed by atoms with Crippen molar-refractivity contribution in [3.8, 4) is 0 Å². The summed E-state index contributed by atoms with van der Waals surface area (Å²) < 4.78 is 18.3. The van der Waals surface area contributed by atoms with Crippen molar-refractivity contribution in [3.63, 3.8) is 0 Å². The van der Waals surface area contributed by atoms with Crippen LogP contribution in [-0.4, -0.2) is 37.1 Å². The maximum atomic E-state index is 6.18. The van der Waals surface area contributed by atoms with Gasteiger partial charge in [-0.25, -0.2) is 0 Å². The Hall–Kier alpha value is -0.380. The van der Waals surface area contributed by atoms with Gasteiger partial charge in [0.05, 0.1) is 16.8 Å². The number of ether oxygens (including phenoxy) is 3. The predicted molar refractivity (Wildman–Crippen MR) is 74.2 cm³/mol. The Balaban J connectivity index is 1.91. The molecule has 2 saturated heterocycles. The molecule has 2 heterocycles. The molecular weight excluding hydrogens is 240 g/mol. The summed E-state index contributed by atoms with van der Waals surface area (Å²) in [5.41, 5.74) is -0.169. The van der Waals surface area contributed by atoms with E-state index < -0.39 is 0 Å². The SMILES string of the molecule is C=CCC1(OC)C[C@@]2(CCCO2)C[C@@]2(CCCO2)C1. The lowest BCUT2D eigenvalue weighted by atomic mass is 9.64. The van der Waals surface area contributed by atoms with Crippen LogP contribution in [0.4, 0.5) is 0 Å². The average molecular weight is 266 g/mol. The van der Waals surface area contributed by atoms with Gasteiger partial charge in [0.2, 0.25) is 0 Å². The van der Waals surface area contributed by atoms with E-state index >= 15 is 0 Å². The lowest BCUT2D eigenvalue weighted by Crippen LogP contribution is -2.56. The second-order valence-corrected chi connectivity index (χ2v) is 6.68. The van der Waals surface area contributed by atoms with Gasteiger partial charge in [0.1, 0.15) is 0 Å². The molecule has 3 nitrogen and oxygen atoms in total. The molecule has 3 rings (SSSR count). The Labute approximate surface area is 116 Å². The summed E-state index contributed by atoms with van der Waals surface area (Å²) in [4.78, 5) is 0. The molecule has 0 radical (unpaired) electrons. The molecule has 3 atom stereocenters. The van der Waals surface area contributed by atoms with Gasteiger partial charge in [0.25, 0.3) is 0 Å². The van der Waals surface area contributed by atoms with E-state index in [1.807, 2.05) is 13.2 Å². The summed E-state index contributed by atoms with van der Waals surface area (Å²) in [7, 11) is 1.83. The summed E-state index contributed by atoms with van der Waals surface area (Å²) in [5.74, 6) is 0. The quantitative estimate of drug-likeness (QED) is 0.734. The van der Waals surface area contributed by atoms with E-state index in [0.29, 0.717) is 0 Å². The third-order valence-electron chi connectivity index (χ3n) is 5.25. The topological polar surface area (TPSA) is 27.7 Å². The number of hydrogen-bond donors (Lipinski definition) is 0. The fourth-order valence-corrected chi connectivity index (χ4v) is 4.65. The van der Waals surface area contributed by atoms with E-state index in [1.54, 1.807) is 0 Å². The Morgan fingerprint density at radius 1 is 1.05 bits per heavy atom. The molecule has 3 heteroatoms. The first-order valence-corrected chi connectivity index (χ1v) is 7.60. The van der Waals surface area contributed by atoms with Gasteiger partial charge in [0, 0.05) is 39.6 Å². The lowest BCUT2D eigenvalue weighted by molar-refractivity contribution is -0.195. The molecule has 2 aliphatic heterocycles. The molecule has 19 heavy (non-hydrogen) atoms. The minimum atomic E-state index is -0.144. The van der Waals surface area contributed by atoms with Gasteiger partial charge in [0.15, 0.2) is 0 Å². The molecule has 108 valence electrons. The fourth-order valence-electron chi connectivity index (χ4n) is 4.65. The molecule has 0 bridgehead atoms. The summed E-state index contributed by atoms with van der Waals surface area (Å²) >= 11 is 0. The second kappa shape index (κ2) is 4.87. The standard InChI is InChI=1S/C16H26O3/c1-3-6-14(17-2)11-15(7-4-9-18-15)13-16(12-14)8-5-10-19-16/h3H,1,4-13H2,2H3/t14?,15-,16+. The average Bonchev–Trinajstić information content (AvgIpc) is 3.00. The molecule has 0 aromatic carbocycles. The first kappa shape index (κ1) is 13.6. The largest absolute Gasteiger partial charge is 0.378 e. The highest BCUT2D eigenvalue weighted by Crippen LogP contribution is 2.54. The molecule has 0 aromatic heterocycles. The molecule has 2 spiro atoms. The number of hydrogen-bond acceptors (Lipinski definition) is 3. The first-order chi connectivity index (χ1) is 9.16. The van der Waals surface area contributed by atoms with Gasteiger partial charge >= 0.3 is 0 Å². The van der Waals surface area contributed by atoms with Gasteiger partial charge in [-0.3, -0.25) is 0 Å². The van der Waals surface area contributed by atoms with Crippen molar-refractivity contribution in [2.45, 2.75) is 68.2 Å². The van der Waals surface area contributed by atoms with E-state index in [-0.39, 0.29) is 16.8 Å². The van der Waals surface area contributed by atoms with Crippen LogP contribution >= 0.6 is 0 Å². The van der Waals surface area contributed by atoms with E-state index in [1.165, 1.54) is 12.8 Å². The molecule has 1 aliphatic carbocycles. The van der Waals surface area contributed by atoms with Gasteiger partial charge in [-0.05, 0) is 32.1 Å². The van der Waals surface area contributed by atoms with E-state index in [9.17, 15) is 0 Å². The lowest BCUT2D eigenvalue weighted by Gasteiger charge is -2.52. The summed E-state index contributed by atoms with van der Waals surface area (Å²) in [6.07, 6.45) is 10.6. The maximum Gasteiger partial charge on any atom is 0.0767 e. The second-order valence-electron chi connectivity index (χ2n) is 6.68. The van der Waals surface area contributed by atoms with E-state index in [0.717, 1.165) is 51.7 Å². The van der Waals surface area contributed by atoms with Crippen molar-refractivity contribution in [2.75, 3.05) is 20.3 Å². The highest BCUT2D eigenvalue weighted by atomic mass is 16.5. The summed E-state index contributed by atoms with van der Waals surface area (Å²) in [5, 5.41) is 0. The molecular formula is C16H26O3. The molecule has 0 N–H and O–H groups in total. The molecule has 0 amide bonds. The minimum absolute atomic E-state index is 0.0123. The van der Waals surface area contributed by atoms with Crippen LogP contribution in [0.25, 0.3) is 0 Å². The zero-order valence-electron chi connectivity index (χ0n) is 12.1. The maximum absolute atomic E-state index is 6.18. The summed E-state index contributed by atoms with van der Waals surface area (Å²) in [6, 6.07) is 0. The monoisotopic (exact) mass is 266 g/mol. The smallest absolute Gasteiger partial charge is 0.0767 e. The fraction of sp³-hybridized carbons (Fsp3) is 0.875. The van der Waals surface area contributed by atoms with Crippen molar-refractivity contribution in [1.82, 2.24) is 0 Å². The van der Waals surface area contributed by atoms with Crippen LogP contribution in [0.3, 0.4) is 0 Å². The van der Waals surface area contributed by atoms with Crippen molar-refractivity contribution in [1.29, 1.82) is 0 Å². The Morgan fingerprint density at radius 3 is 2.00 bits per heavy atom. The third-order valence-corrected chi connectivity index (χ3v) is 5.25. The van der Waals surface area contributed by atoms with Crippen LogP contribution in [0, 0.1) is 0 Å². The van der Waals surface area contributed by atoms with Gasteiger partial charge in [-0.15, -0.1) is 6.58 Å². The Morgan fingerprint density at radius 2 is 1.63 bits per heavy atom. The highest BCUT2D eigenvalue weighted by Gasteiger charge is 2.57. The van der Waals surface area contributed by atoms with Crippen LogP contribution in [0.2, 0.25) is 0 Å². The molecule has 0 aromatic rings. The molecule has 3 aliphatic rings. The molecule has 1 unspecified atom stereocenters. The molecule has 1 saturated carbocycles. The van der Waals surface area contributed by atoms with Crippen LogP contribution < -0.4 is 0 Å². The van der Waals surface area contributed by atoms with Crippen LogP contribution in [0.1, 0.15) is 51.4 Å². The van der Waals surface area contributed by atoms with Crippen molar-refractivity contribution >= 4 is 0 Å². The van der Waals surface area contributed by atoms with Crippen LogP contribution in [0.5, 0.6) is 0 Å². The van der Waals surface area contributed by atoms with E-state index in [2.05, 4.69) is 6.58 Å². The Bertz CT molecular complexity index is 314. The van der Waals surface area contributed by atoms with Crippen molar-refractivity contribution in [2.24, 2.45) is 0 Å². The first-order valence-electron chi connectivity index (χ1n) is 7.60. The number of methoxy groups -OCH3 is 1. The normalized spacial score (nSPS) is 46.2. The van der Waals surface area contributed by atoms with Crippen LogP contribution in [-0.2, 0) is 14.2 Å². The summed E-state index contributed by atoms with van der Waals surface area (Å²) in [6.45, 7) is 5.70. The van der Waals surface area contributed by atoms with Gasteiger partial charge < -0.3 is 14.2 Å². The van der Waals surface area contributed by atoms with E-state index in [4.69, 9.17) is 14.2 Å². The molecule has 3 fully saturated rings.